The standard InChI is InChI=1S/C21H27N3O4S/c1-24(14-10-11-14)13-18-23-17(9-6-12-22-21(26)28-3)19(29-18)15-7-4-5-8-16(15)20(25)27-2/h4-5,7-8,14H,6,9-13H2,1-3H3,(H,22,26). The zero-order valence-electron chi connectivity index (χ0n) is 17.1. The Morgan fingerprint density at radius 3 is 2.69 bits per heavy atom. The van der Waals surface area contributed by atoms with E-state index in [1.807, 2.05) is 18.2 Å². The van der Waals surface area contributed by atoms with E-state index in [2.05, 4.69) is 22.0 Å². The number of carbonyl (C=O) groups is 2. The van der Waals surface area contributed by atoms with Crippen LogP contribution in [0.1, 0.15) is 40.3 Å². The second kappa shape index (κ2) is 9.84. The summed E-state index contributed by atoms with van der Waals surface area (Å²) in [4.78, 5) is 31.7. The predicted octanol–water partition coefficient (Wildman–Crippen LogP) is 3.48. The number of rotatable bonds is 9. The first-order chi connectivity index (χ1) is 14.0. The fourth-order valence-corrected chi connectivity index (χ4v) is 4.41. The average Bonchev–Trinajstić information content (AvgIpc) is 3.52. The fourth-order valence-electron chi connectivity index (χ4n) is 3.19. The van der Waals surface area contributed by atoms with E-state index in [1.165, 1.54) is 27.1 Å². The number of nitrogens with one attached hydrogen (secondary N) is 1. The molecule has 0 unspecified atom stereocenters. The second-order valence-electron chi connectivity index (χ2n) is 7.09. The molecule has 1 amide bonds. The molecule has 0 radical (unpaired) electrons. The lowest BCUT2D eigenvalue weighted by molar-refractivity contribution is 0.0601. The van der Waals surface area contributed by atoms with Gasteiger partial charge in [-0.15, -0.1) is 11.3 Å². The van der Waals surface area contributed by atoms with E-state index in [4.69, 9.17) is 9.72 Å². The third-order valence-electron chi connectivity index (χ3n) is 4.92. The van der Waals surface area contributed by atoms with Crippen molar-refractivity contribution in [3.8, 4) is 10.4 Å². The van der Waals surface area contributed by atoms with Gasteiger partial charge in [0, 0.05) is 18.2 Å². The van der Waals surface area contributed by atoms with Gasteiger partial charge in [-0.25, -0.2) is 14.6 Å². The Balaban J connectivity index is 1.84. The normalized spacial score (nSPS) is 13.4. The van der Waals surface area contributed by atoms with Crippen molar-refractivity contribution in [2.45, 2.75) is 38.3 Å². The van der Waals surface area contributed by atoms with Gasteiger partial charge in [-0.1, -0.05) is 18.2 Å². The van der Waals surface area contributed by atoms with Crippen molar-refractivity contribution >= 4 is 23.4 Å². The Bertz CT molecular complexity index is 863. The van der Waals surface area contributed by atoms with E-state index in [0.29, 0.717) is 24.6 Å². The van der Waals surface area contributed by atoms with Crippen LogP contribution in [0.25, 0.3) is 10.4 Å². The summed E-state index contributed by atoms with van der Waals surface area (Å²) in [6.07, 6.45) is 3.46. The average molecular weight is 418 g/mol. The van der Waals surface area contributed by atoms with Crippen molar-refractivity contribution in [2.24, 2.45) is 0 Å². The number of hydrogen-bond donors (Lipinski definition) is 1. The Morgan fingerprint density at radius 2 is 2.00 bits per heavy atom. The zero-order chi connectivity index (χ0) is 20.8. The number of amides is 1. The number of benzene rings is 1. The minimum absolute atomic E-state index is 0.357. The number of thiazole rings is 1. The van der Waals surface area contributed by atoms with Gasteiger partial charge >= 0.3 is 12.1 Å². The van der Waals surface area contributed by atoms with Gasteiger partial charge in [0.2, 0.25) is 0 Å². The van der Waals surface area contributed by atoms with Crippen molar-refractivity contribution < 1.29 is 19.1 Å². The van der Waals surface area contributed by atoms with Gasteiger partial charge in [0.1, 0.15) is 5.01 Å². The van der Waals surface area contributed by atoms with Crippen LogP contribution in [0.3, 0.4) is 0 Å². The molecule has 1 aromatic carbocycles. The highest BCUT2D eigenvalue weighted by molar-refractivity contribution is 7.15. The van der Waals surface area contributed by atoms with Gasteiger partial charge in [-0.2, -0.15) is 0 Å². The highest BCUT2D eigenvalue weighted by Crippen LogP contribution is 2.35. The summed E-state index contributed by atoms with van der Waals surface area (Å²) in [7, 11) is 4.86. The first kappa shape index (κ1) is 21.3. The Labute approximate surface area is 175 Å². The summed E-state index contributed by atoms with van der Waals surface area (Å²) < 4.78 is 9.57. The lowest BCUT2D eigenvalue weighted by Crippen LogP contribution is -2.24. The molecule has 1 N–H and O–H groups in total. The van der Waals surface area contributed by atoms with Crippen LogP contribution >= 0.6 is 11.3 Å². The van der Waals surface area contributed by atoms with Gasteiger partial charge in [0.25, 0.3) is 0 Å². The Morgan fingerprint density at radius 1 is 1.24 bits per heavy atom. The van der Waals surface area contributed by atoms with Crippen molar-refractivity contribution in [3.63, 3.8) is 0 Å². The number of nitrogens with zero attached hydrogens (tertiary/aromatic N) is 2. The maximum absolute atomic E-state index is 12.3. The number of ether oxygens (including phenoxy) is 2. The third-order valence-corrected chi connectivity index (χ3v) is 6.03. The molecule has 0 spiro atoms. The molecule has 1 saturated carbocycles. The van der Waals surface area contributed by atoms with Crippen LogP contribution in [0.15, 0.2) is 24.3 Å². The molecule has 0 atom stereocenters. The molecule has 156 valence electrons. The van der Waals surface area contributed by atoms with Crippen molar-refractivity contribution in [3.05, 3.63) is 40.5 Å². The van der Waals surface area contributed by atoms with E-state index in [0.717, 1.165) is 34.1 Å². The number of methoxy groups -OCH3 is 2. The van der Waals surface area contributed by atoms with Crippen LogP contribution in [0.4, 0.5) is 4.79 Å². The summed E-state index contributed by atoms with van der Waals surface area (Å²) in [5, 5.41) is 3.73. The molecule has 7 nitrogen and oxygen atoms in total. The molecule has 1 aromatic heterocycles. The van der Waals surface area contributed by atoms with Crippen molar-refractivity contribution in [2.75, 3.05) is 27.8 Å². The predicted molar refractivity (Wildman–Crippen MR) is 112 cm³/mol. The van der Waals surface area contributed by atoms with Gasteiger partial charge in [-0.3, -0.25) is 4.90 Å². The van der Waals surface area contributed by atoms with Crippen LogP contribution in [0.2, 0.25) is 0 Å². The molecule has 1 aliphatic carbocycles. The topological polar surface area (TPSA) is 80.8 Å². The highest BCUT2D eigenvalue weighted by Gasteiger charge is 2.27. The highest BCUT2D eigenvalue weighted by atomic mass is 32.1. The first-order valence-corrected chi connectivity index (χ1v) is 10.5. The van der Waals surface area contributed by atoms with Crippen LogP contribution in [-0.2, 0) is 22.4 Å². The van der Waals surface area contributed by atoms with Gasteiger partial charge in [0.15, 0.2) is 0 Å². The number of aromatic nitrogens is 1. The van der Waals surface area contributed by atoms with Crippen LogP contribution < -0.4 is 5.32 Å². The quantitative estimate of drug-likeness (QED) is 0.497. The lowest BCUT2D eigenvalue weighted by Gasteiger charge is -2.12. The van der Waals surface area contributed by atoms with Crippen molar-refractivity contribution in [1.82, 2.24) is 15.2 Å². The van der Waals surface area contributed by atoms with E-state index in [-0.39, 0.29) is 5.97 Å². The van der Waals surface area contributed by atoms with Crippen LogP contribution in [0.5, 0.6) is 0 Å². The molecule has 2 aromatic rings. The summed E-state index contributed by atoms with van der Waals surface area (Å²) in [6, 6.07) is 8.11. The zero-order valence-corrected chi connectivity index (χ0v) is 17.9. The van der Waals surface area contributed by atoms with Crippen LogP contribution in [0, 0.1) is 0 Å². The van der Waals surface area contributed by atoms with E-state index >= 15 is 0 Å². The Kier molecular flexibility index (Phi) is 7.22. The van der Waals surface area contributed by atoms with Gasteiger partial charge < -0.3 is 14.8 Å². The summed E-state index contributed by atoms with van der Waals surface area (Å²) >= 11 is 1.62. The first-order valence-electron chi connectivity index (χ1n) is 9.71. The monoisotopic (exact) mass is 417 g/mol. The summed E-state index contributed by atoms with van der Waals surface area (Å²) in [6.45, 7) is 1.29. The smallest absolute Gasteiger partial charge is 0.406 e. The number of esters is 1. The van der Waals surface area contributed by atoms with E-state index in [9.17, 15) is 9.59 Å². The number of carbonyl (C=O) groups excluding carboxylic acids is 2. The summed E-state index contributed by atoms with van der Waals surface area (Å²) in [5.41, 5.74) is 2.32. The molecule has 0 bridgehead atoms. The number of alkyl carbamates (subject to hydrolysis) is 1. The van der Waals surface area contributed by atoms with Crippen LogP contribution in [-0.4, -0.2) is 55.8 Å². The molecule has 1 fully saturated rings. The van der Waals surface area contributed by atoms with Gasteiger partial charge in [0.05, 0.1) is 36.9 Å². The number of hydrogen-bond acceptors (Lipinski definition) is 7. The largest absolute Gasteiger partial charge is 0.465 e. The summed E-state index contributed by atoms with van der Waals surface area (Å²) in [5.74, 6) is -0.357. The molecule has 0 saturated heterocycles. The van der Waals surface area contributed by atoms with Crippen molar-refractivity contribution in [1.29, 1.82) is 0 Å². The lowest BCUT2D eigenvalue weighted by atomic mass is 10.0. The molecule has 1 aliphatic rings. The molecular formula is C21H27N3O4S. The molecule has 8 heteroatoms. The molecule has 29 heavy (non-hydrogen) atoms. The Hall–Kier alpha value is -2.45. The molecule has 1 heterocycles. The minimum atomic E-state index is -0.439. The molecule has 3 rings (SSSR count). The fraction of sp³-hybridized carbons (Fsp3) is 0.476. The molecule has 0 aliphatic heterocycles. The third kappa shape index (κ3) is 5.55. The molecular weight excluding hydrogens is 390 g/mol. The SMILES string of the molecule is COC(=O)NCCCc1nc(CN(C)C2CC2)sc1-c1ccccc1C(=O)OC. The minimum Gasteiger partial charge on any atom is -0.465 e. The van der Waals surface area contributed by atoms with E-state index in [1.54, 1.807) is 17.4 Å². The maximum Gasteiger partial charge on any atom is 0.406 e. The second-order valence-corrected chi connectivity index (χ2v) is 8.17. The number of aryl methyl sites for hydroxylation is 1. The maximum atomic E-state index is 12.3. The van der Waals surface area contributed by atoms with E-state index < -0.39 is 6.09 Å². The van der Waals surface area contributed by atoms with Gasteiger partial charge in [-0.05, 0) is 38.8 Å².